The van der Waals surface area contributed by atoms with Gasteiger partial charge in [0.15, 0.2) is 0 Å². The van der Waals surface area contributed by atoms with Crippen LogP contribution < -0.4 is 9.80 Å². The predicted molar refractivity (Wildman–Crippen MR) is 99.7 cm³/mol. The van der Waals surface area contributed by atoms with Crippen molar-refractivity contribution in [3.63, 3.8) is 0 Å². The van der Waals surface area contributed by atoms with Gasteiger partial charge in [-0.1, -0.05) is 54.6 Å². The lowest BCUT2D eigenvalue weighted by atomic mass is 10.1. The van der Waals surface area contributed by atoms with Crippen LogP contribution in [0.15, 0.2) is 66.7 Å². The van der Waals surface area contributed by atoms with Crippen molar-refractivity contribution < 1.29 is 4.79 Å². The lowest BCUT2D eigenvalue weighted by molar-refractivity contribution is -0.117. The van der Waals surface area contributed by atoms with Gasteiger partial charge in [-0.15, -0.1) is 0 Å². The molecule has 0 spiro atoms. The van der Waals surface area contributed by atoms with Gasteiger partial charge < -0.3 is 9.80 Å². The number of hydrogen-bond acceptors (Lipinski definition) is 2. The molecule has 4 rings (SSSR count). The zero-order valence-electron chi connectivity index (χ0n) is 13.8. The van der Waals surface area contributed by atoms with Crippen LogP contribution in [0.25, 0.3) is 10.8 Å². The number of fused-ring (bicyclic) bond motifs is 2. The topological polar surface area (TPSA) is 23.6 Å². The van der Waals surface area contributed by atoms with Crippen molar-refractivity contribution in [2.75, 3.05) is 29.9 Å². The summed E-state index contributed by atoms with van der Waals surface area (Å²) in [5.74, 6) is 0.149. The summed E-state index contributed by atoms with van der Waals surface area (Å²) >= 11 is 0. The molecule has 0 aromatic heterocycles. The summed E-state index contributed by atoms with van der Waals surface area (Å²) in [6.07, 6.45) is 0.944. The molecule has 3 aromatic carbocycles. The van der Waals surface area contributed by atoms with E-state index in [1.165, 1.54) is 16.3 Å². The monoisotopic (exact) mass is 316 g/mol. The molecule has 24 heavy (non-hydrogen) atoms. The summed E-state index contributed by atoms with van der Waals surface area (Å²) in [6, 6.07) is 22.7. The number of carbonyl (C=O) groups excluding carboxylic acids is 1. The molecule has 0 fully saturated rings. The summed E-state index contributed by atoms with van der Waals surface area (Å²) in [4.78, 5) is 16.8. The molecule has 0 bridgehead atoms. The first-order chi connectivity index (χ1) is 11.7. The first kappa shape index (κ1) is 14.8. The molecular formula is C21H20N2O. The number of para-hydroxylation sites is 1. The highest BCUT2D eigenvalue weighted by Gasteiger charge is 2.25. The summed E-state index contributed by atoms with van der Waals surface area (Å²) in [5.41, 5.74) is 3.42. The molecule has 3 aromatic rings. The minimum Gasteiger partial charge on any atom is -0.365 e. The van der Waals surface area contributed by atoms with Crippen LogP contribution in [0, 0.1) is 0 Å². The van der Waals surface area contributed by atoms with Crippen molar-refractivity contribution >= 4 is 28.1 Å². The number of anilines is 2. The van der Waals surface area contributed by atoms with Crippen LogP contribution in [0.1, 0.15) is 5.56 Å². The van der Waals surface area contributed by atoms with Gasteiger partial charge in [-0.25, -0.2) is 0 Å². The van der Waals surface area contributed by atoms with Gasteiger partial charge >= 0.3 is 0 Å². The standard InChI is InChI=1S/C21H20N2O/c1-22(20-12-6-9-16-7-2-4-10-18(16)20)15-21(24)23-14-13-17-8-3-5-11-19(17)23/h2-12H,13-15H2,1H3. The van der Waals surface area contributed by atoms with E-state index in [2.05, 4.69) is 30.3 Å². The Balaban J connectivity index is 1.58. The summed E-state index contributed by atoms with van der Waals surface area (Å²) < 4.78 is 0. The predicted octanol–water partition coefficient (Wildman–Crippen LogP) is 3.87. The van der Waals surface area contributed by atoms with Crippen molar-refractivity contribution in [1.29, 1.82) is 0 Å². The maximum absolute atomic E-state index is 12.8. The Bertz CT molecular complexity index is 898. The number of amides is 1. The zero-order chi connectivity index (χ0) is 16.5. The minimum absolute atomic E-state index is 0.149. The molecule has 0 N–H and O–H groups in total. The number of carbonyl (C=O) groups is 1. The quantitative estimate of drug-likeness (QED) is 0.732. The number of rotatable bonds is 3. The smallest absolute Gasteiger partial charge is 0.246 e. The second-order valence-electron chi connectivity index (χ2n) is 6.28. The fraction of sp³-hybridized carbons (Fsp3) is 0.190. The molecule has 1 heterocycles. The third-order valence-corrected chi connectivity index (χ3v) is 4.74. The fourth-order valence-corrected chi connectivity index (χ4v) is 3.51. The maximum atomic E-state index is 12.8. The third-order valence-electron chi connectivity index (χ3n) is 4.74. The largest absolute Gasteiger partial charge is 0.365 e. The summed E-state index contributed by atoms with van der Waals surface area (Å²) in [5, 5.41) is 2.37. The molecule has 0 atom stereocenters. The Labute approximate surface area is 142 Å². The van der Waals surface area contributed by atoms with E-state index >= 15 is 0 Å². The van der Waals surface area contributed by atoms with Crippen molar-refractivity contribution in [3.05, 3.63) is 72.3 Å². The second kappa shape index (κ2) is 6.00. The van der Waals surface area contributed by atoms with Crippen molar-refractivity contribution in [3.8, 4) is 0 Å². The molecule has 1 aliphatic rings. The van der Waals surface area contributed by atoms with Gasteiger partial charge in [0, 0.05) is 30.4 Å². The van der Waals surface area contributed by atoms with E-state index in [9.17, 15) is 4.79 Å². The van der Waals surface area contributed by atoms with Gasteiger partial charge in [0.1, 0.15) is 0 Å². The van der Waals surface area contributed by atoms with Crippen LogP contribution in [-0.2, 0) is 11.2 Å². The van der Waals surface area contributed by atoms with Crippen molar-refractivity contribution in [2.24, 2.45) is 0 Å². The molecule has 1 aliphatic heterocycles. The first-order valence-electron chi connectivity index (χ1n) is 8.31. The number of hydrogen-bond donors (Lipinski definition) is 0. The van der Waals surface area contributed by atoms with Gasteiger partial charge in [0.2, 0.25) is 5.91 Å². The summed E-state index contributed by atoms with van der Waals surface area (Å²) in [6.45, 7) is 1.16. The van der Waals surface area contributed by atoms with Gasteiger partial charge in [0.05, 0.1) is 6.54 Å². The molecule has 120 valence electrons. The van der Waals surface area contributed by atoms with Gasteiger partial charge in [-0.2, -0.15) is 0 Å². The van der Waals surface area contributed by atoms with E-state index in [0.717, 1.165) is 24.3 Å². The van der Waals surface area contributed by atoms with E-state index in [0.29, 0.717) is 6.54 Å². The third kappa shape index (κ3) is 2.52. The van der Waals surface area contributed by atoms with Crippen molar-refractivity contribution in [2.45, 2.75) is 6.42 Å². The second-order valence-corrected chi connectivity index (χ2v) is 6.28. The molecule has 3 nitrogen and oxygen atoms in total. The highest BCUT2D eigenvalue weighted by molar-refractivity contribution is 6.00. The molecule has 0 unspecified atom stereocenters. The van der Waals surface area contributed by atoms with Crippen LogP contribution >= 0.6 is 0 Å². The van der Waals surface area contributed by atoms with E-state index < -0.39 is 0 Å². The number of nitrogens with zero attached hydrogens (tertiary/aromatic N) is 2. The number of benzene rings is 3. The molecular weight excluding hydrogens is 296 g/mol. The fourth-order valence-electron chi connectivity index (χ4n) is 3.51. The van der Waals surface area contributed by atoms with E-state index in [1.54, 1.807) is 0 Å². The SMILES string of the molecule is CN(CC(=O)N1CCc2ccccc21)c1cccc2ccccc12. The van der Waals surface area contributed by atoms with Crippen LogP contribution in [0.4, 0.5) is 11.4 Å². The molecule has 0 saturated heterocycles. The average Bonchev–Trinajstić information content (AvgIpc) is 3.05. The van der Waals surface area contributed by atoms with Gasteiger partial charge in [-0.05, 0) is 29.5 Å². The van der Waals surface area contributed by atoms with Crippen LogP contribution in [0.3, 0.4) is 0 Å². The molecule has 1 amide bonds. The lowest BCUT2D eigenvalue weighted by Gasteiger charge is -2.24. The molecule has 0 saturated carbocycles. The summed E-state index contributed by atoms with van der Waals surface area (Å²) in [7, 11) is 1.99. The highest BCUT2D eigenvalue weighted by atomic mass is 16.2. The van der Waals surface area contributed by atoms with E-state index in [4.69, 9.17) is 0 Å². The van der Waals surface area contributed by atoms with Crippen LogP contribution in [0.5, 0.6) is 0 Å². The Hall–Kier alpha value is -2.81. The first-order valence-corrected chi connectivity index (χ1v) is 8.31. The Morgan fingerprint density at radius 1 is 1.00 bits per heavy atom. The molecule has 0 aliphatic carbocycles. The van der Waals surface area contributed by atoms with Gasteiger partial charge in [-0.3, -0.25) is 4.79 Å². The Morgan fingerprint density at radius 3 is 2.67 bits per heavy atom. The van der Waals surface area contributed by atoms with Crippen LogP contribution in [-0.4, -0.2) is 26.0 Å². The normalized spacial score (nSPS) is 13.1. The van der Waals surface area contributed by atoms with Crippen molar-refractivity contribution in [1.82, 2.24) is 0 Å². The minimum atomic E-state index is 0.149. The zero-order valence-corrected chi connectivity index (χ0v) is 13.8. The maximum Gasteiger partial charge on any atom is 0.246 e. The lowest BCUT2D eigenvalue weighted by Crippen LogP contribution is -2.38. The highest BCUT2D eigenvalue weighted by Crippen LogP contribution is 2.29. The Kier molecular flexibility index (Phi) is 3.69. The molecule has 3 heteroatoms. The Morgan fingerprint density at radius 2 is 1.75 bits per heavy atom. The number of likely N-dealkylation sites (N-methyl/N-ethyl adjacent to an activating group) is 1. The van der Waals surface area contributed by atoms with E-state index in [-0.39, 0.29) is 5.91 Å². The average molecular weight is 316 g/mol. The van der Waals surface area contributed by atoms with Gasteiger partial charge in [0.25, 0.3) is 0 Å². The van der Waals surface area contributed by atoms with E-state index in [1.807, 2.05) is 53.2 Å². The molecule has 0 radical (unpaired) electrons. The van der Waals surface area contributed by atoms with Crippen LogP contribution in [0.2, 0.25) is 0 Å².